The molecule has 15 heavy (non-hydrogen) atoms. The maximum atomic E-state index is 11.5. The van der Waals surface area contributed by atoms with E-state index in [1.54, 1.807) is 6.08 Å². The van der Waals surface area contributed by atoms with Gasteiger partial charge in [-0.15, -0.1) is 0 Å². The average Bonchev–Trinajstić information content (AvgIpc) is 3.00. The average molecular weight is 223 g/mol. The van der Waals surface area contributed by atoms with Crippen LogP contribution in [0.25, 0.3) is 6.08 Å². The highest BCUT2D eigenvalue weighted by atomic mass is 32.2. The Hall–Kier alpha value is -1.13. The molecule has 0 atom stereocenters. The largest absolute Gasteiger partial charge is 0.233 e. The quantitative estimate of drug-likeness (QED) is 0.845. The molecule has 1 saturated carbocycles. The zero-order valence-electron chi connectivity index (χ0n) is 8.26. The maximum absolute atomic E-state index is 11.5. The Morgan fingerprint density at radius 1 is 1.20 bits per heavy atom. The van der Waals surface area contributed by atoms with Crippen molar-refractivity contribution in [1.82, 2.24) is 4.72 Å². The molecule has 0 bridgehead atoms. The van der Waals surface area contributed by atoms with E-state index < -0.39 is 10.0 Å². The Bertz CT molecular complexity index is 447. The van der Waals surface area contributed by atoms with Gasteiger partial charge in [-0.1, -0.05) is 30.3 Å². The molecular weight excluding hydrogens is 210 g/mol. The van der Waals surface area contributed by atoms with Crippen LogP contribution in [-0.4, -0.2) is 14.5 Å². The van der Waals surface area contributed by atoms with E-state index in [0.29, 0.717) is 0 Å². The van der Waals surface area contributed by atoms with Crippen molar-refractivity contribution in [1.29, 1.82) is 0 Å². The van der Waals surface area contributed by atoms with Gasteiger partial charge in [0.15, 0.2) is 0 Å². The van der Waals surface area contributed by atoms with Gasteiger partial charge in [0.25, 0.3) is 0 Å². The van der Waals surface area contributed by atoms with Crippen LogP contribution in [0, 0.1) is 0 Å². The fraction of sp³-hybridized carbons (Fsp3) is 0.273. The van der Waals surface area contributed by atoms with E-state index in [1.165, 1.54) is 5.41 Å². The van der Waals surface area contributed by atoms with Gasteiger partial charge in [0.05, 0.1) is 0 Å². The lowest BCUT2D eigenvalue weighted by molar-refractivity contribution is 0.590. The summed E-state index contributed by atoms with van der Waals surface area (Å²) in [4.78, 5) is 0. The Kier molecular flexibility index (Phi) is 2.88. The molecule has 1 N–H and O–H groups in total. The fourth-order valence-corrected chi connectivity index (χ4v) is 2.32. The van der Waals surface area contributed by atoms with Gasteiger partial charge in [-0.25, -0.2) is 13.1 Å². The van der Waals surface area contributed by atoms with E-state index in [1.807, 2.05) is 30.3 Å². The van der Waals surface area contributed by atoms with Gasteiger partial charge in [-0.05, 0) is 24.5 Å². The molecule has 0 heterocycles. The summed E-state index contributed by atoms with van der Waals surface area (Å²) in [6, 6.07) is 9.54. The number of benzene rings is 1. The number of rotatable bonds is 4. The van der Waals surface area contributed by atoms with Crippen LogP contribution in [0.2, 0.25) is 0 Å². The molecule has 1 fully saturated rings. The van der Waals surface area contributed by atoms with Gasteiger partial charge in [-0.2, -0.15) is 0 Å². The highest BCUT2D eigenvalue weighted by Crippen LogP contribution is 2.20. The fourth-order valence-electron chi connectivity index (χ4n) is 1.21. The second-order valence-electron chi connectivity index (χ2n) is 3.65. The van der Waals surface area contributed by atoms with E-state index in [0.717, 1.165) is 18.4 Å². The smallest absolute Gasteiger partial charge is 0.209 e. The second-order valence-corrected chi connectivity index (χ2v) is 5.25. The molecule has 2 rings (SSSR count). The molecule has 0 spiro atoms. The molecule has 0 amide bonds. The minimum Gasteiger partial charge on any atom is -0.209 e. The molecular formula is C11H13NO2S. The third-order valence-electron chi connectivity index (χ3n) is 2.15. The van der Waals surface area contributed by atoms with Crippen molar-refractivity contribution < 1.29 is 8.42 Å². The predicted molar refractivity (Wildman–Crippen MR) is 60.6 cm³/mol. The van der Waals surface area contributed by atoms with Crippen molar-refractivity contribution in [2.24, 2.45) is 0 Å². The van der Waals surface area contributed by atoms with Crippen LogP contribution in [0.15, 0.2) is 35.7 Å². The molecule has 4 heteroatoms. The van der Waals surface area contributed by atoms with E-state index in [4.69, 9.17) is 0 Å². The molecule has 1 aromatic rings. The number of nitrogens with one attached hydrogen (secondary N) is 1. The molecule has 0 aliphatic heterocycles. The molecule has 80 valence electrons. The van der Waals surface area contributed by atoms with Crippen LogP contribution in [-0.2, 0) is 10.0 Å². The zero-order chi connectivity index (χ0) is 10.7. The van der Waals surface area contributed by atoms with Crippen LogP contribution >= 0.6 is 0 Å². The molecule has 1 aromatic carbocycles. The molecule has 3 nitrogen and oxygen atoms in total. The van der Waals surface area contributed by atoms with Gasteiger partial charge in [-0.3, -0.25) is 0 Å². The molecule has 0 aromatic heterocycles. The number of hydrogen-bond acceptors (Lipinski definition) is 2. The molecule has 1 aliphatic rings. The maximum Gasteiger partial charge on any atom is 0.233 e. The lowest BCUT2D eigenvalue weighted by Gasteiger charge is -1.98. The summed E-state index contributed by atoms with van der Waals surface area (Å²) in [5.74, 6) is 0. The first-order chi connectivity index (χ1) is 7.16. The SMILES string of the molecule is O=S(=O)(C=Cc1ccccc1)NC1CC1. The lowest BCUT2D eigenvalue weighted by atomic mass is 10.2. The van der Waals surface area contributed by atoms with Crippen molar-refractivity contribution >= 4 is 16.1 Å². The summed E-state index contributed by atoms with van der Waals surface area (Å²) in [6.07, 6.45) is 3.52. The summed E-state index contributed by atoms with van der Waals surface area (Å²) < 4.78 is 25.5. The van der Waals surface area contributed by atoms with Gasteiger partial charge < -0.3 is 0 Å². The van der Waals surface area contributed by atoms with Crippen molar-refractivity contribution in [3.05, 3.63) is 41.3 Å². The zero-order valence-corrected chi connectivity index (χ0v) is 9.07. The Morgan fingerprint density at radius 3 is 2.47 bits per heavy atom. The lowest BCUT2D eigenvalue weighted by Crippen LogP contribution is -2.23. The summed E-state index contributed by atoms with van der Waals surface area (Å²) in [5, 5.41) is 1.22. The summed E-state index contributed by atoms with van der Waals surface area (Å²) in [5.41, 5.74) is 0.888. The van der Waals surface area contributed by atoms with E-state index in [-0.39, 0.29) is 6.04 Å². The molecule has 1 aliphatic carbocycles. The third kappa shape index (κ3) is 3.49. The summed E-state index contributed by atoms with van der Waals surface area (Å²) in [7, 11) is -3.25. The third-order valence-corrected chi connectivity index (χ3v) is 3.30. The van der Waals surface area contributed by atoms with Crippen LogP contribution in [0.1, 0.15) is 18.4 Å². The first kappa shape index (κ1) is 10.4. The Balaban J connectivity index is 2.04. The van der Waals surface area contributed by atoms with Crippen molar-refractivity contribution in [3.8, 4) is 0 Å². The Morgan fingerprint density at radius 2 is 1.87 bits per heavy atom. The van der Waals surface area contributed by atoms with Crippen LogP contribution in [0.5, 0.6) is 0 Å². The standard InChI is InChI=1S/C11H13NO2S/c13-15(14,12-11-6-7-11)9-8-10-4-2-1-3-5-10/h1-5,8-9,11-12H,6-7H2. The van der Waals surface area contributed by atoms with Crippen molar-refractivity contribution in [3.63, 3.8) is 0 Å². The van der Waals surface area contributed by atoms with Gasteiger partial charge in [0, 0.05) is 11.4 Å². The van der Waals surface area contributed by atoms with Gasteiger partial charge in [0.2, 0.25) is 10.0 Å². The van der Waals surface area contributed by atoms with Crippen molar-refractivity contribution in [2.45, 2.75) is 18.9 Å². The first-order valence-electron chi connectivity index (χ1n) is 4.91. The minimum atomic E-state index is -3.25. The van der Waals surface area contributed by atoms with Crippen molar-refractivity contribution in [2.75, 3.05) is 0 Å². The highest BCUT2D eigenvalue weighted by molar-refractivity contribution is 7.92. The van der Waals surface area contributed by atoms with Crippen LogP contribution < -0.4 is 4.72 Å². The topological polar surface area (TPSA) is 46.2 Å². The monoisotopic (exact) mass is 223 g/mol. The number of hydrogen-bond donors (Lipinski definition) is 1. The van der Waals surface area contributed by atoms with E-state index >= 15 is 0 Å². The first-order valence-corrected chi connectivity index (χ1v) is 6.46. The predicted octanol–water partition coefficient (Wildman–Crippen LogP) is 1.74. The van der Waals surface area contributed by atoms with E-state index in [9.17, 15) is 8.42 Å². The Labute approximate surface area is 89.9 Å². The van der Waals surface area contributed by atoms with Gasteiger partial charge in [0.1, 0.15) is 0 Å². The minimum absolute atomic E-state index is 0.162. The molecule has 0 radical (unpaired) electrons. The van der Waals surface area contributed by atoms with E-state index in [2.05, 4.69) is 4.72 Å². The summed E-state index contributed by atoms with van der Waals surface area (Å²) in [6.45, 7) is 0. The van der Waals surface area contributed by atoms with Gasteiger partial charge >= 0.3 is 0 Å². The highest BCUT2D eigenvalue weighted by Gasteiger charge is 2.25. The number of sulfonamides is 1. The summed E-state index contributed by atoms with van der Waals surface area (Å²) >= 11 is 0. The molecule has 0 saturated heterocycles. The van der Waals surface area contributed by atoms with Crippen LogP contribution in [0.4, 0.5) is 0 Å². The second kappa shape index (κ2) is 4.16. The van der Waals surface area contributed by atoms with Crippen LogP contribution in [0.3, 0.4) is 0 Å². The molecule has 0 unspecified atom stereocenters. The normalized spacial score (nSPS) is 17.1.